The molecule has 0 aliphatic rings. The first-order valence-electron chi connectivity index (χ1n) is 7.07. The molecule has 0 aromatic heterocycles. The van der Waals surface area contributed by atoms with Crippen molar-refractivity contribution >= 4 is 23.7 Å². The first kappa shape index (κ1) is 20.3. The minimum atomic E-state index is -4.59. The number of carbonyl (C=O) groups is 2. The lowest BCUT2D eigenvalue weighted by atomic mass is 10.1. The Bertz CT molecular complexity index is 593. The van der Waals surface area contributed by atoms with Gasteiger partial charge in [0.15, 0.2) is 5.78 Å². The Morgan fingerprint density at radius 2 is 2.00 bits per heavy atom. The molecule has 0 aliphatic carbocycles. The van der Waals surface area contributed by atoms with Crippen LogP contribution in [0.2, 0.25) is 0 Å². The number of Topliss-reactive ketones (excluding diaryl/α,β-unsaturated/α-hetero) is 1. The maximum Gasteiger partial charge on any atom is 0.416 e. The van der Waals surface area contributed by atoms with Crippen LogP contribution in [0.15, 0.2) is 18.2 Å². The van der Waals surface area contributed by atoms with E-state index in [1.165, 1.54) is 11.9 Å². The molecule has 0 aliphatic heterocycles. The molecule has 1 N–H and O–H groups in total. The molecule has 0 radical (unpaired) electrons. The van der Waals surface area contributed by atoms with Gasteiger partial charge in [0.2, 0.25) is 0 Å². The molecule has 24 heavy (non-hydrogen) atoms. The number of hydrogen-bond donors (Lipinski definition) is 1. The Balaban J connectivity index is 2.73. The molecule has 0 amide bonds. The number of phenolic OH excluding ortho intramolecular Hbond substituents is 1. The summed E-state index contributed by atoms with van der Waals surface area (Å²) in [6.45, 7) is 2.03. The molecule has 1 aromatic rings. The van der Waals surface area contributed by atoms with Crippen molar-refractivity contribution in [1.82, 2.24) is 4.31 Å². The van der Waals surface area contributed by atoms with Crippen LogP contribution < -0.4 is 0 Å². The highest BCUT2D eigenvalue weighted by molar-refractivity contribution is 7.96. The molecular formula is C15H18F3NO4S. The largest absolute Gasteiger partial charge is 0.507 e. The molecule has 0 atom stereocenters. The third-order valence-electron chi connectivity index (χ3n) is 3.07. The van der Waals surface area contributed by atoms with Gasteiger partial charge in [0, 0.05) is 6.54 Å². The van der Waals surface area contributed by atoms with E-state index >= 15 is 0 Å². The maximum absolute atomic E-state index is 12.6. The van der Waals surface area contributed by atoms with E-state index in [1.807, 2.05) is 0 Å². The average molecular weight is 365 g/mol. The number of halogens is 3. The molecule has 0 fully saturated rings. The van der Waals surface area contributed by atoms with Crippen LogP contribution in [0.1, 0.15) is 29.3 Å². The van der Waals surface area contributed by atoms with E-state index in [1.54, 1.807) is 17.5 Å². The standard InChI is InChI=1S/C15H18F3NO4S/c1-3-23-14(22)6-7-19(24-2)9-13(21)11-5-4-10(8-12(11)20)15(16,17)18/h4-5,8,20H,3,6-7,9H2,1-2H3. The summed E-state index contributed by atoms with van der Waals surface area (Å²) in [5.41, 5.74) is -1.22. The normalized spacial score (nSPS) is 11.6. The van der Waals surface area contributed by atoms with Crippen LogP contribution in [0.25, 0.3) is 0 Å². The molecule has 0 saturated heterocycles. The quantitative estimate of drug-likeness (QED) is 0.434. The van der Waals surface area contributed by atoms with Gasteiger partial charge in [0.1, 0.15) is 5.75 Å². The fourth-order valence-electron chi connectivity index (χ4n) is 1.87. The van der Waals surface area contributed by atoms with Crippen LogP contribution >= 0.6 is 11.9 Å². The lowest BCUT2D eigenvalue weighted by Gasteiger charge is -2.18. The highest BCUT2D eigenvalue weighted by Gasteiger charge is 2.31. The molecule has 0 unspecified atom stereocenters. The van der Waals surface area contributed by atoms with Crippen molar-refractivity contribution < 1.29 is 32.6 Å². The van der Waals surface area contributed by atoms with Crippen molar-refractivity contribution in [3.05, 3.63) is 29.3 Å². The van der Waals surface area contributed by atoms with Crippen molar-refractivity contribution in [2.75, 3.05) is 26.0 Å². The Morgan fingerprint density at radius 1 is 1.33 bits per heavy atom. The summed E-state index contributed by atoms with van der Waals surface area (Å²) in [5.74, 6) is -1.66. The summed E-state index contributed by atoms with van der Waals surface area (Å²) >= 11 is 1.21. The van der Waals surface area contributed by atoms with Crippen LogP contribution in [0.3, 0.4) is 0 Å². The van der Waals surface area contributed by atoms with Gasteiger partial charge < -0.3 is 9.84 Å². The zero-order valence-electron chi connectivity index (χ0n) is 13.2. The van der Waals surface area contributed by atoms with Crippen LogP contribution in [-0.2, 0) is 15.7 Å². The van der Waals surface area contributed by atoms with Crippen LogP contribution in [-0.4, -0.2) is 47.1 Å². The summed E-state index contributed by atoms with van der Waals surface area (Å²) in [4.78, 5) is 23.5. The first-order chi connectivity index (χ1) is 11.2. The van der Waals surface area contributed by atoms with Gasteiger partial charge >= 0.3 is 12.1 Å². The maximum atomic E-state index is 12.6. The molecule has 134 valence electrons. The fourth-order valence-corrected chi connectivity index (χ4v) is 2.39. The molecule has 1 aromatic carbocycles. The van der Waals surface area contributed by atoms with Crippen molar-refractivity contribution in [2.45, 2.75) is 19.5 Å². The number of benzene rings is 1. The minimum Gasteiger partial charge on any atom is -0.507 e. The summed E-state index contributed by atoms with van der Waals surface area (Å²) in [7, 11) is 0. The summed E-state index contributed by atoms with van der Waals surface area (Å²) < 4.78 is 44.0. The van der Waals surface area contributed by atoms with Gasteiger partial charge in [0.25, 0.3) is 0 Å². The van der Waals surface area contributed by atoms with E-state index in [-0.39, 0.29) is 31.7 Å². The highest BCUT2D eigenvalue weighted by atomic mass is 32.2. The predicted octanol–water partition coefficient (Wildman–Crippen LogP) is 3.13. The van der Waals surface area contributed by atoms with Crippen LogP contribution in [0, 0.1) is 0 Å². The smallest absolute Gasteiger partial charge is 0.416 e. The number of alkyl halides is 3. The lowest BCUT2D eigenvalue weighted by Crippen LogP contribution is -2.26. The Labute approximate surface area is 141 Å². The van der Waals surface area contributed by atoms with Gasteiger partial charge in [-0.05, 0) is 31.4 Å². The zero-order chi connectivity index (χ0) is 18.3. The number of rotatable bonds is 8. The van der Waals surface area contributed by atoms with Crippen molar-refractivity contribution in [2.24, 2.45) is 0 Å². The number of aromatic hydroxyl groups is 1. The lowest BCUT2D eigenvalue weighted by molar-refractivity contribution is -0.143. The summed E-state index contributed by atoms with van der Waals surface area (Å²) in [5, 5.41) is 9.68. The molecule has 0 bridgehead atoms. The monoisotopic (exact) mass is 365 g/mol. The molecule has 0 saturated carbocycles. The van der Waals surface area contributed by atoms with Gasteiger partial charge in [0.05, 0.1) is 30.7 Å². The SMILES string of the molecule is CCOC(=O)CCN(CC(=O)c1ccc(C(F)(F)F)cc1O)SC. The van der Waals surface area contributed by atoms with Crippen LogP contribution in [0.5, 0.6) is 5.75 Å². The summed E-state index contributed by atoms with van der Waals surface area (Å²) in [6.07, 6.45) is -2.81. The number of ketones is 1. The number of nitrogens with zero attached hydrogens (tertiary/aromatic N) is 1. The van der Waals surface area contributed by atoms with Crippen molar-refractivity contribution in [3.63, 3.8) is 0 Å². The fraction of sp³-hybridized carbons (Fsp3) is 0.467. The topological polar surface area (TPSA) is 66.8 Å². The second-order valence-electron chi connectivity index (χ2n) is 4.75. The third-order valence-corrected chi connectivity index (χ3v) is 3.90. The third kappa shape index (κ3) is 6.04. The first-order valence-corrected chi connectivity index (χ1v) is 8.25. The van der Waals surface area contributed by atoms with Crippen molar-refractivity contribution in [3.8, 4) is 5.75 Å². The van der Waals surface area contributed by atoms with Gasteiger partial charge in [-0.1, -0.05) is 11.9 Å². The van der Waals surface area contributed by atoms with Gasteiger partial charge in [-0.2, -0.15) is 13.2 Å². The molecular weight excluding hydrogens is 347 g/mol. The molecule has 0 heterocycles. The van der Waals surface area contributed by atoms with E-state index in [2.05, 4.69) is 0 Å². The van der Waals surface area contributed by atoms with E-state index in [4.69, 9.17) is 4.74 Å². The second-order valence-corrected chi connectivity index (χ2v) is 5.64. The Morgan fingerprint density at radius 3 is 2.50 bits per heavy atom. The molecule has 9 heteroatoms. The van der Waals surface area contributed by atoms with Gasteiger partial charge in [-0.15, -0.1) is 0 Å². The highest BCUT2D eigenvalue weighted by Crippen LogP contribution is 2.32. The van der Waals surface area contributed by atoms with E-state index in [9.17, 15) is 27.9 Å². The number of hydrogen-bond acceptors (Lipinski definition) is 6. The number of carbonyl (C=O) groups excluding carboxylic acids is 2. The average Bonchev–Trinajstić information content (AvgIpc) is 2.50. The van der Waals surface area contributed by atoms with Crippen LogP contribution in [0.4, 0.5) is 13.2 Å². The van der Waals surface area contributed by atoms with E-state index in [0.29, 0.717) is 6.07 Å². The summed E-state index contributed by atoms with van der Waals surface area (Å²) in [6, 6.07) is 2.22. The molecule has 0 spiro atoms. The van der Waals surface area contributed by atoms with E-state index < -0.39 is 29.2 Å². The van der Waals surface area contributed by atoms with Gasteiger partial charge in [-0.25, -0.2) is 4.31 Å². The second kappa shape index (κ2) is 8.93. The minimum absolute atomic E-state index is 0.0843. The van der Waals surface area contributed by atoms with Crippen molar-refractivity contribution in [1.29, 1.82) is 0 Å². The Kier molecular flexibility index (Phi) is 7.56. The predicted molar refractivity (Wildman–Crippen MR) is 83.8 cm³/mol. The number of phenols is 1. The Hall–Kier alpha value is -1.74. The molecule has 1 rings (SSSR count). The number of esters is 1. The van der Waals surface area contributed by atoms with E-state index in [0.717, 1.165) is 12.1 Å². The molecule has 5 nitrogen and oxygen atoms in total. The zero-order valence-corrected chi connectivity index (χ0v) is 14.0. The van der Waals surface area contributed by atoms with Gasteiger partial charge in [-0.3, -0.25) is 9.59 Å². The number of ether oxygens (including phenoxy) is 1.